The number of aryl methyl sites for hydroxylation is 1. The molecular formula is C15H19FO3. The topological polar surface area (TPSA) is 46.5 Å². The van der Waals surface area contributed by atoms with Gasteiger partial charge in [-0.2, -0.15) is 0 Å². The first-order chi connectivity index (χ1) is 8.93. The molecule has 0 amide bonds. The molecule has 0 saturated heterocycles. The van der Waals surface area contributed by atoms with Crippen LogP contribution in [0.25, 0.3) is 6.08 Å². The number of carboxylic acids is 1. The molecule has 0 aromatic heterocycles. The van der Waals surface area contributed by atoms with E-state index in [1.807, 2.05) is 0 Å². The van der Waals surface area contributed by atoms with Gasteiger partial charge in [-0.1, -0.05) is 13.8 Å². The fraction of sp³-hybridized carbons (Fsp3) is 0.400. The fourth-order valence-electron chi connectivity index (χ4n) is 1.74. The molecule has 19 heavy (non-hydrogen) atoms. The molecule has 1 aromatic rings. The van der Waals surface area contributed by atoms with Crippen molar-refractivity contribution in [2.45, 2.75) is 26.7 Å². The molecule has 0 atom stereocenters. The molecule has 0 spiro atoms. The van der Waals surface area contributed by atoms with E-state index in [9.17, 15) is 9.18 Å². The van der Waals surface area contributed by atoms with Crippen LogP contribution in [0.1, 0.15) is 31.4 Å². The maximum absolute atomic E-state index is 13.6. The van der Waals surface area contributed by atoms with Crippen LogP contribution in [0.2, 0.25) is 0 Å². The summed E-state index contributed by atoms with van der Waals surface area (Å²) in [5.74, 6) is -0.828. The Morgan fingerprint density at radius 1 is 1.47 bits per heavy atom. The summed E-state index contributed by atoms with van der Waals surface area (Å²) in [4.78, 5) is 10.6. The van der Waals surface area contributed by atoms with Gasteiger partial charge in [0, 0.05) is 6.08 Å². The third-order valence-electron chi connectivity index (χ3n) is 2.81. The average Bonchev–Trinajstić information content (AvgIpc) is 2.34. The number of carboxylic acid groups (broad SMARTS) is 1. The van der Waals surface area contributed by atoms with Gasteiger partial charge in [0.2, 0.25) is 0 Å². The minimum Gasteiger partial charge on any atom is -0.494 e. The second kappa shape index (κ2) is 6.92. The molecule has 4 heteroatoms. The molecule has 0 fully saturated rings. The minimum atomic E-state index is -1.05. The zero-order chi connectivity index (χ0) is 14.4. The molecule has 3 nitrogen and oxygen atoms in total. The Morgan fingerprint density at radius 2 is 2.16 bits per heavy atom. The van der Waals surface area contributed by atoms with Gasteiger partial charge in [0.05, 0.1) is 7.11 Å². The van der Waals surface area contributed by atoms with Gasteiger partial charge in [0.15, 0.2) is 11.6 Å². The lowest BCUT2D eigenvalue weighted by Crippen LogP contribution is -1.98. The number of carbonyl (C=O) groups is 1. The summed E-state index contributed by atoms with van der Waals surface area (Å²) >= 11 is 0. The molecule has 104 valence electrons. The molecule has 0 saturated carbocycles. The average molecular weight is 266 g/mol. The molecule has 0 bridgehead atoms. The lowest BCUT2D eigenvalue weighted by Gasteiger charge is -2.11. The Bertz CT molecular complexity index is 479. The quantitative estimate of drug-likeness (QED) is 0.801. The summed E-state index contributed by atoms with van der Waals surface area (Å²) < 4.78 is 18.6. The van der Waals surface area contributed by atoms with E-state index >= 15 is 0 Å². The van der Waals surface area contributed by atoms with Gasteiger partial charge in [-0.05, 0) is 48.1 Å². The van der Waals surface area contributed by atoms with E-state index in [1.54, 1.807) is 6.07 Å². The number of aliphatic carboxylic acids is 1. The Labute approximate surface area is 112 Å². The molecule has 0 unspecified atom stereocenters. The number of halogens is 1. The highest BCUT2D eigenvalue weighted by molar-refractivity contribution is 5.85. The summed E-state index contributed by atoms with van der Waals surface area (Å²) in [5.41, 5.74) is 1.48. The zero-order valence-electron chi connectivity index (χ0n) is 11.4. The Balaban J connectivity index is 3.10. The molecule has 0 heterocycles. The van der Waals surface area contributed by atoms with E-state index in [4.69, 9.17) is 9.84 Å². The molecule has 0 aliphatic carbocycles. The highest BCUT2D eigenvalue weighted by atomic mass is 19.1. The SMILES string of the molecule is COc1cc(CCC(C)C)c(/C=C/C(=O)O)cc1F. The van der Waals surface area contributed by atoms with Gasteiger partial charge in [-0.25, -0.2) is 9.18 Å². The van der Waals surface area contributed by atoms with Crippen molar-refractivity contribution in [3.8, 4) is 5.75 Å². The zero-order valence-corrected chi connectivity index (χ0v) is 11.4. The van der Waals surface area contributed by atoms with E-state index in [1.165, 1.54) is 19.3 Å². The first kappa shape index (κ1) is 15.2. The van der Waals surface area contributed by atoms with E-state index in [-0.39, 0.29) is 5.75 Å². The normalized spacial score (nSPS) is 11.2. The Hall–Kier alpha value is -1.84. The number of hydrogen-bond donors (Lipinski definition) is 1. The highest BCUT2D eigenvalue weighted by Crippen LogP contribution is 2.25. The van der Waals surface area contributed by atoms with E-state index in [0.29, 0.717) is 11.5 Å². The van der Waals surface area contributed by atoms with Gasteiger partial charge in [0.1, 0.15) is 0 Å². The minimum absolute atomic E-state index is 0.186. The third kappa shape index (κ3) is 4.73. The van der Waals surface area contributed by atoms with Crippen molar-refractivity contribution in [2.75, 3.05) is 7.11 Å². The summed E-state index contributed by atoms with van der Waals surface area (Å²) in [5, 5.41) is 8.65. The van der Waals surface area contributed by atoms with Crippen molar-refractivity contribution in [3.63, 3.8) is 0 Å². The summed E-state index contributed by atoms with van der Waals surface area (Å²) in [6.07, 6.45) is 4.14. The fourth-order valence-corrected chi connectivity index (χ4v) is 1.74. The predicted molar refractivity (Wildman–Crippen MR) is 72.8 cm³/mol. The van der Waals surface area contributed by atoms with Crippen LogP contribution in [0.15, 0.2) is 18.2 Å². The van der Waals surface area contributed by atoms with Gasteiger partial charge in [0.25, 0.3) is 0 Å². The van der Waals surface area contributed by atoms with E-state index < -0.39 is 11.8 Å². The Kier molecular flexibility index (Phi) is 5.55. The van der Waals surface area contributed by atoms with Gasteiger partial charge in [-0.15, -0.1) is 0 Å². The van der Waals surface area contributed by atoms with Crippen molar-refractivity contribution in [3.05, 3.63) is 35.2 Å². The summed E-state index contributed by atoms with van der Waals surface area (Å²) in [6, 6.07) is 2.95. The second-order valence-corrected chi connectivity index (χ2v) is 4.79. The van der Waals surface area contributed by atoms with E-state index in [2.05, 4.69) is 13.8 Å². The number of methoxy groups -OCH3 is 1. The van der Waals surface area contributed by atoms with Crippen LogP contribution < -0.4 is 4.74 Å². The summed E-state index contributed by atoms with van der Waals surface area (Å²) in [6.45, 7) is 4.21. The van der Waals surface area contributed by atoms with Crippen LogP contribution in [-0.2, 0) is 11.2 Å². The van der Waals surface area contributed by atoms with Crippen molar-refractivity contribution in [2.24, 2.45) is 5.92 Å². The number of benzene rings is 1. The monoisotopic (exact) mass is 266 g/mol. The van der Waals surface area contributed by atoms with Crippen molar-refractivity contribution in [1.29, 1.82) is 0 Å². The first-order valence-electron chi connectivity index (χ1n) is 6.21. The lowest BCUT2D eigenvalue weighted by atomic mass is 9.97. The molecule has 0 aliphatic rings. The maximum Gasteiger partial charge on any atom is 0.328 e. The molecule has 0 aliphatic heterocycles. The number of hydrogen-bond acceptors (Lipinski definition) is 2. The number of rotatable bonds is 6. The molecule has 1 rings (SSSR count). The largest absolute Gasteiger partial charge is 0.494 e. The van der Waals surface area contributed by atoms with E-state index in [0.717, 1.165) is 24.5 Å². The maximum atomic E-state index is 13.6. The molecular weight excluding hydrogens is 247 g/mol. The number of ether oxygens (including phenoxy) is 1. The predicted octanol–water partition coefficient (Wildman–Crippen LogP) is 3.52. The summed E-state index contributed by atoms with van der Waals surface area (Å²) in [7, 11) is 1.41. The van der Waals surface area contributed by atoms with Crippen LogP contribution in [0.4, 0.5) is 4.39 Å². The highest BCUT2D eigenvalue weighted by Gasteiger charge is 2.09. The van der Waals surface area contributed by atoms with Crippen LogP contribution in [-0.4, -0.2) is 18.2 Å². The smallest absolute Gasteiger partial charge is 0.328 e. The first-order valence-corrected chi connectivity index (χ1v) is 6.21. The van der Waals surface area contributed by atoms with Gasteiger partial charge >= 0.3 is 5.97 Å². The standard InChI is InChI=1S/C15H19FO3/c1-10(2)4-5-12-9-14(19-3)13(16)8-11(12)6-7-15(17)18/h6-10H,4-5H2,1-3H3,(H,17,18)/b7-6+. The lowest BCUT2D eigenvalue weighted by molar-refractivity contribution is -0.131. The Morgan fingerprint density at radius 3 is 2.68 bits per heavy atom. The van der Waals surface area contributed by atoms with Crippen LogP contribution in [0, 0.1) is 11.7 Å². The van der Waals surface area contributed by atoms with Gasteiger partial charge < -0.3 is 9.84 Å². The van der Waals surface area contributed by atoms with Crippen LogP contribution in [0.3, 0.4) is 0 Å². The van der Waals surface area contributed by atoms with Crippen molar-refractivity contribution < 1.29 is 19.0 Å². The molecule has 0 radical (unpaired) electrons. The van der Waals surface area contributed by atoms with Crippen molar-refractivity contribution >= 4 is 12.0 Å². The van der Waals surface area contributed by atoms with Crippen LogP contribution in [0.5, 0.6) is 5.75 Å². The van der Waals surface area contributed by atoms with Gasteiger partial charge in [-0.3, -0.25) is 0 Å². The second-order valence-electron chi connectivity index (χ2n) is 4.79. The van der Waals surface area contributed by atoms with Crippen molar-refractivity contribution in [1.82, 2.24) is 0 Å². The third-order valence-corrected chi connectivity index (χ3v) is 2.81. The van der Waals surface area contributed by atoms with Crippen LogP contribution >= 0.6 is 0 Å². The molecule has 1 aromatic carbocycles. The molecule has 1 N–H and O–H groups in total.